The molecule has 1 amide bonds. The molecule has 20 heavy (non-hydrogen) atoms. The molecule has 1 aromatic heterocycles. The second-order valence-electron chi connectivity index (χ2n) is 5.19. The summed E-state index contributed by atoms with van der Waals surface area (Å²) in [6, 6.07) is 8.17. The fourth-order valence-electron chi connectivity index (χ4n) is 1.98. The first kappa shape index (κ1) is 14.3. The summed E-state index contributed by atoms with van der Waals surface area (Å²) in [5, 5.41) is 3.41. The molecule has 0 radical (unpaired) electrons. The summed E-state index contributed by atoms with van der Waals surface area (Å²) in [5.74, 6) is -0.291. The van der Waals surface area contributed by atoms with Gasteiger partial charge in [-0.1, -0.05) is 26.0 Å². The van der Waals surface area contributed by atoms with Gasteiger partial charge in [0.25, 0.3) is 5.91 Å². The molecule has 1 N–H and O–H groups in total. The van der Waals surface area contributed by atoms with Gasteiger partial charge in [-0.2, -0.15) is 0 Å². The van der Waals surface area contributed by atoms with Gasteiger partial charge in [-0.3, -0.25) is 9.59 Å². The fraction of sp³-hybridized carbons (Fsp3) is 0.375. The van der Waals surface area contributed by atoms with Crippen LogP contribution < -0.4 is 10.7 Å². The monoisotopic (exact) mass is 273 g/mol. The molecule has 0 bridgehead atoms. The van der Waals surface area contributed by atoms with Crippen molar-refractivity contribution in [3.63, 3.8) is 0 Å². The van der Waals surface area contributed by atoms with E-state index < -0.39 is 0 Å². The maximum absolute atomic E-state index is 12.2. The summed E-state index contributed by atoms with van der Waals surface area (Å²) < 4.78 is 5.53. The third kappa shape index (κ3) is 2.74. The molecule has 0 aliphatic rings. The molecule has 0 aliphatic carbocycles. The molecule has 0 aliphatic heterocycles. The van der Waals surface area contributed by atoms with Crippen LogP contribution in [-0.4, -0.2) is 11.4 Å². The molecule has 0 atom stereocenters. The number of carbonyl (C=O) groups is 1. The first-order valence-corrected chi connectivity index (χ1v) is 6.84. The Morgan fingerprint density at radius 2 is 1.90 bits per heavy atom. The van der Waals surface area contributed by atoms with Crippen LogP contribution >= 0.6 is 0 Å². The number of benzene rings is 1. The summed E-state index contributed by atoms with van der Waals surface area (Å²) in [7, 11) is 0. The molecule has 106 valence electrons. The summed E-state index contributed by atoms with van der Waals surface area (Å²) in [6.07, 6.45) is 1.63. The highest BCUT2D eigenvalue weighted by atomic mass is 16.3. The quantitative estimate of drug-likeness (QED) is 0.931. The van der Waals surface area contributed by atoms with Crippen molar-refractivity contribution in [2.24, 2.45) is 0 Å². The van der Waals surface area contributed by atoms with Crippen LogP contribution in [0.1, 0.15) is 44.2 Å². The van der Waals surface area contributed by atoms with E-state index in [-0.39, 0.29) is 22.6 Å². The van der Waals surface area contributed by atoms with Gasteiger partial charge in [-0.25, -0.2) is 0 Å². The lowest BCUT2D eigenvalue weighted by atomic mass is 9.95. The minimum atomic E-state index is -0.348. The zero-order valence-electron chi connectivity index (χ0n) is 12.0. The van der Waals surface area contributed by atoms with Crippen LogP contribution in [0.4, 0.5) is 0 Å². The van der Waals surface area contributed by atoms with Crippen molar-refractivity contribution in [2.75, 3.05) is 0 Å². The van der Waals surface area contributed by atoms with E-state index in [0.29, 0.717) is 11.0 Å². The Kier molecular flexibility index (Phi) is 3.93. The third-order valence-corrected chi connectivity index (χ3v) is 3.83. The van der Waals surface area contributed by atoms with E-state index in [1.54, 1.807) is 24.3 Å². The smallest absolute Gasteiger partial charge is 0.287 e. The molecule has 2 aromatic rings. The van der Waals surface area contributed by atoms with Crippen LogP contribution in [0.15, 0.2) is 39.5 Å². The van der Waals surface area contributed by atoms with Gasteiger partial charge in [0.1, 0.15) is 5.58 Å². The molecule has 4 heteroatoms. The first-order chi connectivity index (χ1) is 9.49. The van der Waals surface area contributed by atoms with E-state index in [1.807, 2.05) is 20.8 Å². The highest BCUT2D eigenvalue weighted by Crippen LogP contribution is 2.16. The number of hydrogen-bond donors (Lipinski definition) is 1. The van der Waals surface area contributed by atoms with Crippen LogP contribution in [-0.2, 0) is 0 Å². The first-order valence-electron chi connectivity index (χ1n) is 6.84. The zero-order valence-corrected chi connectivity index (χ0v) is 12.0. The Balaban J connectivity index is 2.38. The molecule has 0 unspecified atom stereocenters. The molecule has 0 spiro atoms. The molecule has 0 saturated heterocycles. The number of nitrogens with one attached hydrogen (secondary N) is 1. The lowest BCUT2D eigenvalue weighted by Crippen LogP contribution is -2.45. The Hall–Kier alpha value is -2.10. The van der Waals surface area contributed by atoms with Crippen molar-refractivity contribution in [3.05, 3.63) is 46.3 Å². The maximum Gasteiger partial charge on any atom is 0.287 e. The summed E-state index contributed by atoms with van der Waals surface area (Å²) in [5.41, 5.74) is -0.0621. The Bertz CT molecular complexity index is 683. The highest BCUT2D eigenvalue weighted by Gasteiger charge is 2.24. The summed E-state index contributed by atoms with van der Waals surface area (Å²) in [4.78, 5) is 24.2. The topological polar surface area (TPSA) is 59.3 Å². The molecule has 0 fully saturated rings. The van der Waals surface area contributed by atoms with Gasteiger partial charge >= 0.3 is 0 Å². The highest BCUT2D eigenvalue weighted by molar-refractivity contribution is 5.93. The minimum absolute atomic E-state index is 0.0572. The van der Waals surface area contributed by atoms with E-state index >= 15 is 0 Å². The van der Waals surface area contributed by atoms with E-state index in [1.165, 1.54) is 6.07 Å². The van der Waals surface area contributed by atoms with Crippen LogP contribution in [0, 0.1) is 0 Å². The molecule has 1 aromatic carbocycles. The van der Waals surface area contributed by atoms with Crippen molar-refractivity contribution in [2.45, 2.75) is 39.2 Å². The van der Waals surface area contributed by atoms with E-state index in [4.69, 9.17) is 4.42 Å². The van der Waals surface area contributed by atoms with Gasteiger partial charge in [-0.05, 0) is 31.9 Å². The Morgan fingerprint density at radius 3 is 2.55 bits per heavy atom. The maximum atomic E-state index is 12.2. The van der Waals surface area contributed by atoms with Crippen molar-refractivity contribution in [1.82, 2.24) is 5.32 Å². The number of rotatable bonds is 4. The van der Waals surface area contributed by atoms with E-state index in [0.717, 1.165) is 12.8 Å². The van der Waals surface area contributed by atoms with Crippen molar-refractivity contribution in [1.29, 1.82) is 0 Å². The number of fused-ring (bicyclic) bond motifs is 1. The molecule has 0 saturated carbocycles. The molecule has 4 nitrogen and oxygen atoms in total. The fourth-order valence-corrected chi connectivity index (χ4v) is 1.98. The SMILES string of the molecule is CCC(C)(CC)NC(=O)c1cc(=O)c2ccccc2o1. The minimum Gasteiger partial charge on any atom is -0.451 e. The molecule has 1 heterocycles. The summed E-state index contributed by atoms with van der Waals surface area (Å²) >= 11 is 0. The number of amides is 1. The van der Waals surface area contributed by atoms with Gasteiger partial charge in [0.05, 0.1) is 5.39 Å². The van der Waals surface area contributed by atoms with Crippen LogP contribution in [0.3, 0.4) is 0 Å². The zero-order chi connectivity index (χ0) is 14.8. The van der Waals surface area contributed by atoms with E-state index in [2.05, 4.69) is 5.32 Å². The predicted molar refractivity (Wildman–Crippen MR) is 78.9 cm³/mol. The third-order valence-electron chi connectivity index (χ3n) is 3.83. The van der Waals surface area contributed by atoms with Crippen molar-refractivity contribution in [3.8, 4) is 0 Å². The lowest BCUT2D eigenvalue weighted by Gasteiger charge is -2.27. The Morgan fingerprint density at radius 1 is 1.25 bits per heavy atom. The average molecular weight is 273 g/mol. The second kappa shape index (κ2) is 5.49. The second-order valence-corrected chi connectivity index (χ2v) is 5.19. The van der Waals surface area contributed by atoms with Crippen molar-refractivity contribution >= 4 is 16.9 Å². The van der Waals surface area contributed by atoms with E-state index in [9.17, 15) is 9.59 Å². The summed E-state index contributed by atoms with van der Waals surface area (Å²) in [6.45, 7) is 6.00. The number of para-hydroxylation sites is 1. The predicted octanol–water partition coefficient (Wildman–Crippen LogP) is 3.10. The van der Waals surface area contributed by atoms with Crippen LogP contribution in [0.5, 0.6) is 0 Å². The van der Waals surface area contributed by atoms with Gasteiger partial charge in [0, 0.05) is 11.6 Å². The van der Waals surface area contributed by atoms with Gasteiger partial charge in [0.2, 0.25) is 0 Å². The number of hydrogen-bond acceptors (Lipinski definition) is 3. The average Bonchev–Trinajstić information content (AvgIpc) is 2.47. The standard InChI is InChI=1S/C16H19NO3/c1-4-16(3,5-2)17-15(19)14-10-12(18)11-8-6-7-9-13(11)20-14/h6-10H,4-5H2,1-3H3,(H,17,19). The molecule has 2 rings (SSSR count). The molecular weight excluding hydrogens is 254 g/mol. The van der Waals surface area contributed by atoms with Gasteiger partial charge < -0.3 is 9.73 Å². The van der Waals surface area contributed by atoms with Gasteiger partial charge in [-0.15, -0.1) is 0 Å². The Labute approximate surface area is 117 Å². The lowest BCUT2D eigenvalue weighted by molar-refractivity contribution is 0.0873. The van der Waals surface area contributed by atoms with Gasteiger partial charge in [0.15, 0.2) is 11.2 Å². The van der Waals surface area contributed by atoms with Crippen LogP contribution in [0.2, 0.25) is 0 Å². The molecular formula is C16H19NO3. The van der Waals surface area contributed by atoms with Crippen molar-refractivity contribution < 1.29 is 9.21 Å². The normalized spacial score (nSPS) is 11.6. The largest absolute Gasteiger partial charge is 0.451 e. The van der Waals surface area contributed by atoms with Crippen LogP contribution in [0.25, 0.3) is 11.0 Å². The number of carbonyl (C=O) groups excluding carboxylic acids is 1.